The Morgan fingerprint density at radius 3 is 2.95 bits per heavy atom. The van der Waals surface area contributed by atoms with E-state index in [1.54, 1.807) is 18.3 Å². The van der Waals surface area contributed by atoms with E-state index >= 15 is 0 Å². The van der Waals surface area contributed by atoms with Gasteiger partial charge < -0.3 is 15.8 Å². The first-order valence-electron chi connectivity index (χ1n) is 6.02. The molecule has 0 radical (unpaired) electrons. The second-order valence-corrected chi connectivity index (χ2v) is 4.42. The van der Waals surface area contributed by atoms with Gasteiger partial charge >= 0.3 is 0 Å². The summed E-state index contributed by atoms with van der Waals surface area (Å²) in [6.07, 6.45) is 1.70. The summed E-state index contributed by atoms with van der Waals surface area (Å²) in [4.78, 5) is 11.9. The molecule has 5 heteroatoms. The Labute approximate surface area is 110 Å². The number of aromatic hydroxyl groups is 1. The van der Waals surface area contributed by atoms with Gasteiger partial charge in [-0.1, -0.05) is 12.1 Å². The van der Waals surface area contributed by atoms with Crippen molar-refractivity contribution in [2.75, 3.05) is 0 Å². The Bertz CT molecular complexity index is 748. The van der Waals surface area contributed by atoms with Gasteiger partial charge in [0, 0.05) is 11.9 Å². The topological polar surface area (TPSA) is 87.8 Å². The van der Waals surface area contributed by atoms with Crippen molar-refractivity contribution in [3.8, 4) is 17.1 Å². The van der Waals surface area contributed by atoms with Crippen molar-refractivity contribution in [3.63, 3.8) is 0 Å². The number of fused-ring (bicyclic) bond motifs is 1. The number of benzene rings is 1. The summed E-state index contributed by atoms with van der Waals surface area (Å²) in [5, 5.41) is 10.7. The molecule has 0 amide bonds. The monoisotopic (exact) mass is 254 g/mol. The molecule has 0 saturated heterocycles. The van der Waals surface area contributed by atoms with Crippen LogP contribution in [0, 0.1) is 6.92 Å². The van der Waals surface area contributed by atoms with Crippen LogP contribution >= 0.6 is 0 Å². The zero-order valence-corrected chi connectivity index (χ0v) is 10.5. The highest BCUT2D eigenvalue weighted by Crippen LogP contribution is 2.28. The van der Waals surface area contributed by atoms with Gasteiger partial charge in [0.25, 0.3) is 0 Å². The third-order valence-electron chi connectivity index (χ3n) is 3.16. The lowest BCUT2D eigenvalue weighted by molar-refractivity contribution is 0.480. The minimum Gasteiger partial charge on any atom is -0.506 e. The van der Waals surface area contributed by atoms with Gasteiger partial charge in [0.1, 0.15) is 11.4 Å². The molecule has 1 aromatic carbocycles. The zero-order chi connectivity index (χ0) is 13.4. The number of phenolic OH excluding ortho intramolecular Hbond substituents is 1. The second kappa shape index (κ2) is 4.37. The minimum atomic E-state index is 0.225. The Morgan fingerprint density at radius 1 is 1.37 bits per heavy atom. The summed E-state index contributed by atoms with van der Waals surface area (Å²) < 4.78 is 0. The molecule has 0 aliphatic rings. The van der Waals surface area contributed by atoms with Gasteiger partial charge in [-0.3, -0.25) is 4.98 Å². The number of nitrogens with two attached hydrogens (primary N) is 1. The highest BCUT2D eigenvalue weighted by molar-refractivity contribution is 5.89. The molecule has 96 valence electrons. The number of rotatable bonds is 2. The predicted octanol–water partition coefficient (Wildman–Crippen LogP) is 2.10. The van der Waals surface area contributed by atoms with Crippen molar-refractivity contribution in [2.24, 2.45) is 5.73 Å². The molecule has 0 fully saturated rings. The fourth-order valence-corrected chi connectivity index (χ4v) is 2.09. The van der Waals surface area contributed by atoms with Crippen molar-refractivity contribution in [1.82, 2.24) is 15.0 Å². The molecular formula is C14H14N4O. The predicted molar refractivity (Wildman–Crippen MR) is 73.6 cm³/mol. The fraction of sp³-hybridized carbons (Fsp3) is 0.143. The quantitative estimate of drug-likeness (QED) is 0.653. The number of para-hydroxylation sites is 1. The first kappa shape index (κ1) is 11.7. The molecule has 5 nitrogen and oxygen atoms in total. The summed E-state index contributed by atoms with van der Waals surface area (Å²) >= 11 is 0. The van der Waals surface area contributed by atoms with Gasteiger partial charge in [-0.15, -0.1) is 0 Å². The smallest absolute Gasteiger partial charge is 0.139 e. The van der Waals surface area contributed by atoms with E-state index in [-0.39, 0.29) is 5.75 Å². The van der Waals surface area contributed by atoms with Gasteiger partial charge in [-0.2, -0.15) is 0 Å². The highest BCUT2D eigenvalue weighted by atomic mass is 16.3. The van der Waals surface area contributed by atoms with E-state index in [4.69, 9.17) is 5.73 Å². The lowest BCUT2D eigenvalue weighted by Gasteiger charge is -2.03. The van der Waals surface area contributed by atoms with Crippen molar-refractivity contribution in [1.29, 1.82) is 0 Å². The number of hydrogen-bond donors (Lipinski definition) is 3. The van der Waals surface area contributed by atoms with Crippen LogP contribution in [0.15, 0.2) is 30.5 Å². The maximum absolute atomic E-state index is 9.79. The zero-order valence-electron chi connectivity index (χ0n) is 10.5. The molecule has 0 atom stereocenters. The molecule has 0 spiro atoms. The second-order valence-electron chi connectivity index (χ2n) is 4.42. The SMILES string of the molecule is Cc1ncc(-c2cc3cccc(O)c3[nH]2)nc1CN. The van der Waals surface area contributed by atoms with Gasteiger partial charge in [0.15, 0.2) is 0 Å². The molecule has 0 unspecified atom stereocenters. The number of H-pyrrole nitrogens is 1. The standard InChI is InChI=1S/C14H14N4O/c1-8-11(6-15)17-12(7-16-8)10-5-9-3-2-4-13(19)14(9)18-10/h2-5,7,18-19H,6,15H2,1H3. The van der Waals surface area contributed by atoms with Crippen LogP contribution in [0.25, 0.3) is 22.3 Å². The molecule has 4 N–H and O–H groups in total. The van der Waals surface area contributed by atoms with Crippen LogP contribution in [0.5, 0.6) is 5.75 Å². The van der Waals surface area contributed by atoms with E-state index in [0.717, 1.165) is 28.2 Å². The first-order valence-corrected chi connectivity index (χ1v) is 6.02. The van der Waals surface area contributed by atoms with Crippen LogP contribution in [0.3, 0.4) is 0 Å². The Kier molecular flexibility index (Phi) is 2.68. The molecular weight excluding hydrogens is 240 g/mol. The van der Waals surface area contributed by atoms with Crippen LogP contribution < -0.4 is 5.73 Å². The fourth-order valence-electron chi connectivity index (χ4n) is 2.09. The Hall–Kier alpha value is -2.40. The largest absolute Gasteiger partial charge is 0.506 e. The number of nitrogens with one attached hydrogen (secondary N) is 1. The van der Waals surface area contributed by atoms with E-state index < -0.39 is 0 Å². The van der Waals surface area contributed by atoms with Crippen LogP contribution in [-0.2, 0) is 6.54 Å². The third kappa shape index (κ3) is 1.94. The van der Waals surface area contributed by atoms with Crippen LogP contribution in [0.1, 0.15) is 11.4 Å². The molecule has 0 saturated carbocycles. The Balaban J connectivity index is 2.16. The van der Waals surface area contributed by atoms with Crippen LogP contribution in [0.2, 0.25) is 0 Å². The van der Waals surface area contributed by atoms with Crippen molar-refractivity contribution in [3.05, 3.63) is 41.9 Å². The summed E-state index contributed by atoms with van der Waals surface area (Å²) in [6.45, 7) is 2.24. The van der Waals surface area contributed by atoms with E-state index in [9.17, 15) is 5.11 Å². The van der Waals surface area contributed by atoms with E-state index in [0.29, 0.717) is 12.1 Å². The number of nitrogens with zero attached hydrogens (tertiary/aromatic N) is 2. The number of aromatic nitrogens is 3. The molecule has 3 aromatic rings. The lowest BCUT2D eigenvalue weighted by atomic mass is 10.2. The van der Waals surface area contributed by atoms with Gasteiger partial charge in [0.2, 0.25) is 0 Å². The van der Waals surface area contributed by atoms with E-state index in [1.807, 2.05) is 19.1 Å². The highest BCUT2D eigenvalue weighted by Gasteiger charge is 2.09. The number of hydrogen-bond acceptors (Lipinski definition) is 4. The molecule has 3 rings (SSSR count). The van der Waals surface area contributed by atoms with Gasteiger partial charge in [-0.05, 0) is 19.1 Å². The third-order valence-corrected chi connectivity index (χ3v) is 3.16. The van der Waals surface area contributed by atoms with Crippen molar-refractivity contribution >= 4 is 10.9 Å². The van der Waals surface area contributed by atoms with E-state index in [1.165, 1.54) is 0 Å². The maximum atomic E-state index is 9.79. The normalized spacial score (nSPS) is 11.1. The van der Waals surface area contributed by atoms with Crippen LogP contribution in [-0.4, -0.2) is 20.1 Å². The van der Waals surface area contributed by atoms with Gasteiger partial charge in [-0.25, -0.2) is 4.98 Å². The molecule has 2 heterocycles. The molecule has 0 aliphatic carbocycles. The average Bonchev–Trinajstić information content (AvgIpc) is 2.85. The summed E-state index contributed by atoms with van der Waals surface area (Å²) in [5.41, 5.74) is 9.51. The van der Waals surface area contributed by atoms with Crippen molar-refractivity contribution in [2.45, 2.75) is 13.5 Å². The van der Waals surface area contributed by atoms with Crippen LogP contribution in [0.4, 0.5) is 0 Å². The number of phenols is 1. The number of aromatic amines is 1. The maximum Gasteiger partial charge on any atom is 0.139 e. The summed E-state index contributed by atoms with van der Waals surface area (Å²) in [5.74, 6) is 0.225. The lowest BCUT2D eigenvalue weighted by Crippen LogP contribution is -2.05. The number of aryl methyl sites for hydroxylation is 1. The van der Waals surface area contributed by atoms with E-state index in [2.05, 4.69) is 15.0 Å². The Morgan fingerprint density at radius 2 is 2.21 bits per heavy atom. The summed E-state index contributed by atoms with van der Waals surface area (Å²) in [6, 6.07) is 7.32. The van der Waals surface area contributed by atoms with Gasteiger partial charge in [0.05, 0.1) is 28.8 Å². The molecule has 2 aromatic heterocycles. The summed E-state index contributed by atoms with van der Waals surface area (Å²) in [7, 11) is 0. The molecule has 19 heavy (non-hydrogen) atoms. The first-order chi connectivity index (χ1) is 9.19. The average molecular weight is 254 g/mol. The van der Waals surface area contributed by atoms with Crippen molar-refractivity contribution < 1.29 is 5.11 Å². The molecule has 0 bridgehead atoms. The minimum absolute atomic E-state index is 0.225. The molecule has 0 aliphatic heterocycles.